The van der Waals surface area contributed by atoms with Crippen molar-refractivity contribution in [2.24, 2.45) is 0 Å². The summed E-state index contributed by atoms with van der Waals surface area (Å²) in [4.78, 5) is 22.3. The zero-order valence-electron chi connectivity index (χ0n) is 17.0. The van der Waals surface area contributed by atoms with Gasteiger partial charge < -0.3 is 9.80 Å². The molecule has 1 saturated heterocycles. The van der Waals surface area contributed by atoms with E-state index in [1.807, 2.05) is 47.5 Å². The van der Waals surface area contributed by atoms with Crippen LogP contribution in [0.15, 0.2) is 54.7 Å². The Bertz CT molecular complexity index is 1240. The second-order valence-corrected chi connectivity index (χ2v) is 8.58. The van der Waals surface area contributed by atoms with Gasteiger partial charge in [0, 0.05) is 42.9 Å². The van der Waals surface area contributed by atoms with Crippen molar-refractivity contribution in [3.63, 3.8) is 0 Å². The smallest absolute Gasteiger partial charge is 0.253 e. The summed E-state index contributed by atoms with van der Waals surface area (Å²) in [5.74, 6) is 0.0839. The standard InChI is InChI=1S/C23H20N6OS/c1-27-10-12-28(13-11-27)22(30)19-8-6-18(7-9-19)21-26-29-15-20(25-23(29)31-21)17-4-2-16(14-24)3-5-17/h2-9,15H,10-13H2,1H3. The summed E-state index contributed by atoms with van der Waals surface area (Å²) >= 11 is 1.50. The van der Waals surface area contributed by atoms with Crippen LogP contribution in [0.3, 0.4) is 0 Å². The Balaban J connectivity index is 1.34. The lowest BCUT2D eigenvalue weighted by Gasteiger charge is -2.32. The minimum atomic E-state index is 0.0839. The molecule has 1 aliphatic rings. The van der Waals surface area contributed by atoms with Gasteiger partial charge in [-0.25, -0.2) is 9.50 Å². The molecular weight excluding hydrogens is 408 g/mol. The van der Waals surface area contributed by atoms with E-state index >= 15 is 0 Å². The normalized spacial score (nSPS) is 14.6. The third-order valence-electron chi connectivity index (χ3n) is 5.52. The Kier molecular flexibility index (Phi) is 4.98. The van der Waals surface area contributed by atoms with E-state index in [2.05, 4.69) is 28.1 Å². The molecule has 2 aromatic carbocycles. The van der Waals surface area contributed by atoms with Gasteiger partial charge in [0.1, 0.15) is 5.01 Å². The maximum absolute atomic E-state index is 12.7. The fourth-order valence-electron chi connectivity index (χ4n) is 3.62. The third-order valence-corrected chi connectivity index (χ3v) is 6.49. The molecule has 0 saturated carbocycles. The predicted octanol–water partition coefficient (Wildman–Crippen LogP) is 3.38. The van der Waals surface area contributed by atoms with Gasteiger partial charge in [-0.3, -0.25) is 4.79 Å². The Labute approximate surface area is 183 Å². The summed E-state index contributed by atoms with van der Waals surface area (Å²) in [5, 5.41) is 14.5. The average molecular weight is 429 g/mol. The maximum Gasteiger partial charge on any atom is 0.253 e. The first-order valence-electron chi connectivity index (χ1n) is 10.1. The number of amides is 1. The number of benzene rings is 2. The Morgan fingerprint density at radius 1 is 1.00 bits per heavy atom. The monoisotopic (exact) mass is 428 g/mol. The van der Waals surface area contributed by atoms with Gasteiger partial charge >= 0.3 is 0 Å². The number of fused-ring (bicyclic) bond motifs is 1. The first kappa shape index (κ1) is 19.4. The minimum absolute atomic E-state index is 0.0839. The molecule has 0 unspecified atom stereocenters. The van der Waals surface area contributed by atoms with Gasteiger partial charge in [-0.15, -0.1) is 0 Å². The van der Waals surface area contributed by atoms with Crippen molar-refractivity contribution in [3.05, 3.63) is 65.9 Å². The lowest BCUT2D eigenvalue weighted by molar-refractivity contribution is 0.0664. The van der Waals surface area contributed by atoms with Crippen LogP contribution in [0.5, 0.6) is 0 Å². The molecule has 0 atom stereocenters. The van der Waals surface area contributed by atoms with E-state index in [1.165, 1.54) is 11.3 Å². The van der Waals surface area contributed by atoms with Gasteiger partial charge in [0.15, 0.2) is 0 Å². The topological polar surface area (TPSA) is 77.5 Å². The molecule has 4 aromatic rings. The van der Waals surface area contributed by atoms with E-state index in [0.29, 0.717) is 11.1 Å². The van der Waals surface area contributed by atoms with Crippen LogP contribution < -0.4 is 0 Å². The summed E-state index contributed by atoms with van der Waals surface area (Å²) < 4.78 is 1.77. The molecule has 0 N–H and O–H groups in total. The summed E-state index contributed by atoms with van der Waals surface area (Å²) in [6, 6.07) is 17.1. The number of likely N-dealkylation sites (N-methyl/N-ethyl adjacent to an activating group) is 1. The van der Waals surface area contributed by atoms with Gasteiger partial charge in [0.05, 0.1) is 23.5 Å². The highest BCUT2D eigenvalue weighted by molar-refractivity contribution is 7.19. The van der Waals surface area contributed by atoms with Crippen LogP contribution in [0.25, 0.3) is 26.8 Å². The molecule has 5 rings (SSSR count). The number of aromatic nitrogens is 3. The van der Waals surface area contributed by atoms with Crippen molar-refractivity contribution in [2.45, 2.75) is 0 Å². The summed E-state index contributed by atoms with van der Waals surface area (Å²) in [5.41, 5.74) is 4.07. The number of nitrogens with zero attached hydrogens (tertiary/aromatic N) is 6. The maximum atomic E-state index is 12.7. The molecule has 0 radical (unpaired) electrons. The van der Waals surface area contributed by atoms with Gasteiger partial charge in [-0.1, -0.05) is 35.6 Å². The number of nitriles is 1. The number of hydrogen-bond acceptors (Lipinski definition) is 6. The highest BCUT2D eigenvalue weighted by Gasteiger charge is 2.20. The lowest BCUT2D eigenvalue weighted by Crippen LogP contribution is -2.47. The average Bonchev–Trinajstić information content (AvgIpc) is 3.39. The van der Waals surface area contributed by atoms with Crippen molar-refractivity contribution in [1.82, 2.24) is 24.4 Å². The van der Waals surface area contributed by atoms with Crippen molar-refractivity contribution >= 4 is 22.2 Å². The molecule has 0 bridgehead atoms. The number of hydrogen-bond donors (Lipinski definition) is 0. The first-order chi connectivity index (χ1) is 15.1. The number of piperazine rings is 1. The Morgan fingerprint density at radius 3 is 2.32 bits per heavy atom. The molecule has 0 spiro atoms. The number of carbonyl (C=O) groups excluding carboxylic acids is 1. The van der Waals surface area contributed by atoms with Gasteiger partial charge in [0.25, 0.3) is 5.91 Å². The van der Waals surface area contributed by atoms with Crippen LogP contribution in [-0.4, -0.2) is 63.5 Å². The molecule has 7 nitrogen and oxygen atoms in total. The van der Waals surface area contributed by atoms with E-state index in [-0.39, 0.29) is 5.91 Å². The van der Waals surface area contributed by atoms with Gasteiger partial charge in [-0.2, -0.15) is 10.4 Å². The molecule has 0 aliphatic carbocycles. The second kappa shape index (κ2) is 7.95. The fourth-order valence-corrected chi connectivity index (χ4v) is 4.51. The zero-order chi connectivity index (χ0) is 21.4. The quantitative estimate of drug-likeness (QED) is 0.500. The SMILES string of the molecule is CN1CCN(C(=O)c2ccc(-c3nn4cc(-c5ccc(C#N)cc5)nc4s3)cc2)CC1. The lowest BCUT2D eigenvalue weighted by atomic mass is 10.1. The highest BCUT2D eigenvalue weighted by atomic mass is 32.1. The van der Waals surface area contributed by atoms with Crippen LogP contribution in [0, 0.1) is 11.3 Å². The van der Waals surface area contributed by atoms with Crippen LogP contribution in [0.2, 0.25) is 0 Å². The fraction of sp³-hybridized carbons (Fsp3) is 0.217. The molecule has 31 heavy (non-hydrogen) atoms. The number of carbonyl (C=O) groups is 1. The van der Waals surface area contributed by atoms with E-state index in [0.717, 1.165) is 53.0 Å². The zero-order valence-corrected chi connectivity index (χ0v) is 17.8. The summed E-state index contributed by atoms with van der Waals surface area (Å²) in [6.07, 6.45) is 1.89. The molecule has 8 heteroatoms. The van der Waals surface area contributed by atoms with Crippen LogP contribution in [0.4, 0.5) is 0 Å². The summed E-state index contributed by atoms with van der Waals surface area (Å²) in [7, 11) is 2.08. The second-order valence-electron chi connectivity index (χ2n) is 7.62. The molecule has 3 heterocycles. The highest BCUT2D eigenvalue weighted by Crippen LogP contribution is 2.28. The predicted molar refractivity (Wildman–Crippen MR) is 120 cm³/mol. The molecule has 1 aliphatic heterocycles. The molecular formula is C23H20N6OS. The number of imidazole rings is 1. The van der Waals surface area contributed by atoms with Crippen LogP contribution in [-0.2, 0) is 0 Å². The third kappa shape index (κ3) is 3.81. The molecule has 2 aromatic heterocycles. The van der Waals surface area contributed by atoms with Crippen LogP contribution in [0.1, 0.15) is 15.9 Å². The summed E-state index contributed by atoms with van der Waals surface area (Å²) in [6.45, 7) is 3.35. The van der Waals surface area contributed by atoms with Gasteiger partial charge in [-0.05, 0) is 31.3 Å². The molecule has 154 valence electrons. The largest absolute Gasteiger partial charge is 0.336 e. The Hall–Kier alpha value is -3.54. The van der Waals surface area contributed by atoms with Gasteiger partial charge in [0.2, 0.25) is 4.96 Å². The van der Waals surface area contributed by atoms with Crippen molar-refractivity contribution < 1.29 is 4.79 Å². The van der Waals surface area contributed by atoms with Crippen molar-refractivity contribution in [3.8, 4) is 27.9 Å². The Morgan fingerprint density at radius 2 is 1.68 bits per heavy atom. The van der Waals surface area contributed by atoms with Crippen molar-refractivity contribution in [2.75, 3.05) is 33.2 Å². The first-order valence-corrected chi connectivity index (χ1v) is 10.9. The van der Waals surface area contributed by atoms with E-state index < -0.39 is 0 Å². The van der Waals surface area contributed by atoms with Crippen molar-refractivity contribution in [1.29, 1.82) is 5.26 Å². The van der Waals surface area contributed by atoms with Crippen LogP contribution >= 0.6 is 11.3 Å². The van der Waals surface area contributed by atoms with E-state index in [9.17, 15) is 4.79 Å². The number of rotatable bonds is 3. The van der Waals surface area contributed by atoms with E-state index in [1.54, 1.807) is 16.6 Å². The van der Waals surface area contributed by atoms with E-state index in [4.69, 9.17) is 5.26 Å². The molecule has 1 fully saturated rings. The minimum Gasteiger partial charge on any atom is -0.336 e. The molecule has 1 amide bonds.